The molecule has 2 aliphatic heterocycles. The van der Waals surface area contributed by atoms with E-state index in [9.17, 15) is 9.90 Å². The molecule has 154 valence electrons. The molecule has 1 aromatic heterocycles. The predicted octanol–water partition coefficient (Wildman–Crippen LogP) is 2.71. The average molecular weight is 398 g/mol. The van der Waals surface area contributed by atoms with Crippen molar-refractivity contribution in [2.24, 2.45) is 5.41 Å². The largest absolute Gasteiger partial charge is 0.508 e. The fraction of sp³-hybridized carbons (Fsp3) is 0.571. The summed E-state index contributed by atoms with van der Waals surface area (Å²) >= 11 is 0. The monoisotopic (exact) mass is 398 g/mol. The third-order valence-electron chi connectivity index (χ3n) is 7.02. The second kappa shape index (κ2) is 7.02. The highest BCUT2D eigenvalue weighted by Crippen LogP contribution is 2.49. The highest BCUT2D eigenvalue weighted by atomic mass is 16.4. The summed E-state index contributed by atoms with van der Waals surface area (Å²) in [5.74, 6) is -0.667. The van der Waals surface area contributed by atoms with Crippen LogP contribution in [0.15, 0.2) is 28.7 Å². The molecule has 3 heterocycles. The minimum atomic E-state index is -1.19. The van der Waals surface area contributed by atoms with Gasteiger partial charge in [-0.25, -0.2) is 4.79 Å². The molecule has 0 radical (unpaired) electrons. The van der Waals surface area contributed by atoms with Crippen molar-refractivity contribution in [2.45, 2.75) is 44.1 Å². The molecule has 29 heavy (non-hydrogen) atoms. The standard InChI is InChI=1S/C21H26N4O4/c26-17-4-2-1-3-16(17)14-6-9-24(10-7-14)15-5-8-21(11-15)12-25(13-21)20-23-22-18(29-20)19(27)28/h1-4,14-15,26H,5-13H2,(H,27,28). The number of carbonyl (C=O) groups is 1. The maximum absolute atomic E-state index is 10.9. The van der Waals surface area contributed by atoms with Crippen LogP contribution in [0.3, 0.4) is 0 Å². The zero-order valence-electron chi connectivity index (χ0n) is 16.3. The molecular formula is C21H26N4O4. The van der Waals surface area contributed by atoms with Crippen molar-refractivity contribution in [3.63, 3.8) is 0 Å². The topological polar surface area (TPSA) is 103 Å². The van der Waals surface area contributed by atoms with E-state index in [2.05, 4.69) is 21.2 Å². The minimum Gasteiger partial charge on any atom is -0.508 e. The molecule has 8 nitrogen and oxygen atoms in total. The van der Waals surface area contributed by atoms with Crippen LogP contribution in [0.4, 0.5) is 6.01 Å². The van der Waals surface area contributed by atoms with Gasteiger partial charge in [-0.15, -0.1) is 0 Å². The molecule has 1 spiro atoms. The summed E-state index contributed by atoms with van der Waals surface area (Å²) in [6, 6.07) is 8.65. The van der Waals surface area contributed by atoms with Crippen molar-refractivity contribution in [3.8, 4) is 5.75 Å². The van der Waals surface area contributed by atoms with Crippen molar-refractivity contribution < 1.29 is 19.4 Å². The number of nitrogens with zero attached hydrogens (tertiary/aromatic N) is 4. The van der Waals surface area contributed by atoms with Gasteiger partial charge in [0, 0.05) is 24.5 Å². The first-order chi connectivity index (χ1) is 14.0. The van der Waals surface area contributed by atoms with E-state index in [4.69, 9.17) is 9.52 Å². The van der Waals surface area contributed by atoms with Gasteiger partial charge in [-0.1, -0.05) is 28.4 Å². The molecule has 8 heteroatoms. The second-order valence-electron chi connectivity index (χ2n) is 8.82. The smallest absolute Gasteiger partial charge is 0.393 e. The second-order valence-corrected chi connectivity index (χ2v) is 8.82. The molecule has 2 aromatic rings. The van der Waals surface area contributed by atoms with Crippen LogP contribution in [0.25, 0.3) is 0 Å². The summed E-state index contributed by atoms with van der Waals surface area (Å²) in [7, 11) is 0. The lowest BCUT2D eigenvalue weighted by atomic mass is 9.78. The molecule has 3 aliphatic rings. The van der Waals surface area contributed by atoms with E-state index < -0.39 is 5.97 Å². The number of aromatic nitrogens is 2. The molecule has 5 rings (SSSR count). The molecule has 1 unspecified atom stereocenters. The zero-order valence-corrected chi connectivity index (χ0v) is 16.3. The Labute approximate surface area is 169 Å². The van der Waals surface area contributed by atoms with Crippen molar-refractivity contribution in [1.82, 2.24) is 15.1 Å². The van der Waals surface area contributed by atoms with Gasteiger partial charge in [0.2, 0.25) is 0 Å². The maximum Gasteiger partial charge on any atom is 0.393 e. The van der Waals surface area contributed by atoms with Crippen LogP contribution < -0.4 is 4.90 Å². The lowest BCUT2D eigenvalue weighted by Crippen LogP contribution is -2.56. The molecule has 1 saturated carbocycles. The van der Waals surface area contributed by atoms with E-state index in [1.54, 1.807) is 6.07 Å². The van der Waals surface area contributed by atoms with Crippen LogP contribution in [0.5, 0.6) is 5.75 Å². The Morgan fingerprint density at radius 3 is 2.59 bits per heavy atom. The SMILES string of the molecule is O=C(O)c1nnc(N2CC3(CCC(N4CCC(c5ccccc5O)CC4)C3)C2)o1. The number of rotatable bonds is 4. The van der Waals surface area contributed by atoms with Crippen molar-refractivity contribution >= 4 is 12.0 Å². The van der Waals surface area contributed by atoms with Gasteiger partial charge in [-0.05, 0) is 62.7 Å². The number of likely N-dealkylation sites (tertiary alicyclic amines) is 1. The Kier molecular flexibility index (Phi) is 4.46. The highest BCUT2D eigenvalue weighted by molar-refractivity contribution is 5.82. The van der Waals surface area contributed by atoms with Crippen molar-refractivity contribution in [1.29, 1.82) is 0 Å². The molecule has 2 N–H and O–H groups in total. The Morgan fingerprint density at radius 2 is 1.90 bits per heavy atom. The van der Waals surface area contributed by atoms with Gasteiger partial charge >= 0.3 is 17.9 Å². The van der Waals surface area contributed by atoms with Crippen LogP contribution in [0, 0.1) is 5.41 Å². The third-order valence-corrected chi connectivity index (χ3v) is 7.02. The summed E-state index contributed by atoms with van der Waals surface area (Å²) in [5.41, 5.74) is 1.38. The molecule has 0 bridgehead atoms. The summed E-state index contributed by atoms with van der Waals surface area (Å²) in [4.78, 5) is 15.5. The fourth-order valence-corrected chi connectivity index (χ4v) is 5.51. The van der Waals surface area contributed by atoms with Crippen LogP contribution in [-0.4, -0.2) is 63.5 Å². The Morgan fingerprint density at radius 1 is 1.14 bits per heavy atom. The first-order valence-electron chi connectivity index (χ1n) is 10.4. The molecule has 1 aromatic carbocycles. The first-order valence-corrected chi connectivity index (χ1v) is 10.4. The molecule has 1 atom stereocenters. The molecular weight excluding hydrogens is 372 g/mol. The summed E-state index contributed by atoms with van der Waals surface area (Å²) < 4.78 is 5.23. The van der Waals surface area contributed by atoms with E-state index in [0.717, 1.165) is 44.6 Å². The number of anilines is 1. The Bertz CT molecular complexity index is 900. The van der Waals surface area contributed by atoms with Gasteiger partial charge in [0.15, 0.2) is 0 Å². The summed E-state index contributed by atoms with van der Waals surface area (Å²) in [5, 5.41) is 26.5. The number of hydrogen-bond donors (Lipinski definition) is 2. The van der Waals surface area contributed by atoms with Gasteiger partial charge in [0.05, 0.1) is 0 Å². The van der Waals surface area contributed by atoms with E-state index in [1.807, 2.05) is 17.0 Å². The normalized spacial score (nSPS) is 24.7. The number of piperidine rings is 1. The maximum atomic E-state index is 10.9. The van der Waals surface area contributed by atoms with Gasteiger partial charge < -0.3 is 24.4 Å². The lowest BCUT2D eigenvalue weighted by molar-refractivity contribution is 0.0653. The van der Waals surface area contributed by atoms with E-state index in [-0.39, 0.29) is 11.3 Å². The van der Waals surface area contributed by atoms with Crippen LogP contribution in [0.2, 0.25) is 0 Å². The number of hydrogen-bond acceptors (Lipinski definition) is 7. The number of carboxylic acids is 1. The van der Waals surface area contributed by atoms with Gasteiger partial charge in [0.25, 0.3) is 0 Å². The lowest BCUT2D eigenvalue weighted by Gasteiger charge is -2.48. The van der Waals surface area contributed by atoms with Crippen molar-refractivity contribution in [3.05, 3.63) is 35.7 Å². The molecule has 3 fully saturated rings. The number of phenolic OH excluding ortho intramolecular Hbond substituents is 1. The third kappa shape index (κ3) is 3.35. The number of benzene rings is 1. The summed E-state index contributed by atoms with van der Waals surface area (Å²) in [6.07, 6.45) is 5.75. The number of carboxylic acid groups (broad SMARTS) is 1. The van der Waals surface area contributed by atoms with E-state index >= 15 is 0 Å². The van der Waals surface area contributed by atoms with Gasteiger partial charge in [-0.3, -0.25) is 0 Å². The van der Waals surface area contributed by atoms with E-state index in [1.165, 1.54) is 19.3 Å². The van der Waals surface area contributed by atoms with Gasteiger partial charge in [-0.2, -0.15) is 0 Å². The number of phenols is 1. The predicted molar refractivity (Wildman–Crippen MR) is 105 cm³/mol. The average Bonchev–Trinajstić information content (AvgIpc) is 3.35. The Hall–Kier alpha value is -2.61. The first kappa shape index (κ1) is 18.4. The van der Waals surface area contributed by atoms with Crippen LogP contribution >= 0.6 is 0 Å². The zero-order chi connectivity index (χ0) is 20.0. The number of para-hydroxylation sites is 1. The van der Waals surface area contributed by atoms with Crippen LogP contribution in [0.1, 0.15) is 54.3 Å². The highest BCUT2D eigenvalue weighted by Gasteiger charge is 2.50. The quantitative estimate of drug-likeness (QED) is 0.810. The number of aromatic carboxylic acids is 1. The summed E-state index contributed by atoms with van der Waals surface area (Å²) in [6.45, 7) is 3.88. The fourth-order valence-electron chi connectivity index (χ4n) is 5.51. The Balaban J connectivity index is 1.14. The van der Waals surface area contributed by atoms with Crippen molar-refractivity contribution in [2.75, 3.05) is 31.1 Å². The number of aromatic hydroxyl groups is 1. The molecule has 0 amide bonds. The molecule has 2 saturated heterocycles. The van der Waals surface area contributed by atoms with E-state index in [0.29, 0.717) is 23.7 Å². The van der Waals surface area contributed by atoms with Crippen LogP contribution in [-0.2, 0) is 0 Å². The van der Waals surface area contributed by atoms with Gasteiger partial charge in [0.1, 0.15) is 5.75 Å². The minimum absolute atomic E-state index is 0.289. The molecule has 1 aliphatic carbocycles.